The summed E-state index contributed by atoms with van der Waals surface area (Å²) in [6.45, 7) is 1.70. The van der Waals surface area contributed by atoms with Crippen LogP contribution >= 0.6 is 0 Å². The molecule has 1 unspecified atom stereocenters. The molecule has 0 aliphatic carbocycles. The normalized spacial score (nSPS) is 11.9. The number of benzene rings is 1. The van der Waals surface area contributed by atoms with Gasteiger partial charge in [0.15, 0.2) is 0 Å². The third-order valence-corrected chi connectivity index (χ3v) is 2.44. The van der Waals surface area contributed by atoms with Crippen LogP contribution in [0.3, 0.4) is 0 Å². The highest BCUT2D eigenvalue weighted by Gasteiger charge is 2.19. The molecule has 0 bridgehead atoms. The topological polar surface area (TPSA) is 83.6 Å². The summed E-state index contributed by atoms with van der Waals surface area (Å²) in [7, 11) is 0. The maximum atomic E-state index is 12.0. The number of nitrogens with zero attached hydrogens (tertiary/aromatic N) is 1. The molecule has 1 atom stereocenters. The molecule has 0 heterocycles. The summed E-state index contributed by atoms with van der Waals surface area (Å²) < 4.78 is 0. The van der Waals surface area contributed by atoms with Gasteiger partial charge in [-0.1, -0.05) is 18.2 Å². The van der Waals surface area contributed by atoms with Crippen LogP contribution in [0.1, 0.15) is 15.9 Å². The van der Waals surface area contributed by atoms with Crippen LogP contribution in [0, 0.1) is 6.92 Å². The van der Waals surface area contributed by atoms with Crippen LogP contribution < -0.4 is 5.73 Å². The Morgan fingerprint density at radius 3 is 2.71 bits per heavy atom. The minimum Gasteiger partial charge on any atom is -0.390 e. The lowest BCUT2D eigenvalue weighted by atomic mass is 10.1. The Morgan fingerprint density at radius 1 is 1.53 bits per heavy atom. The Hall–Kier alpha value is -1.72. The molecule has 5 nitrogen and oxygen atoms in total. The first-order chi connectivity index (χ1) is 8.10. The number of aryl methyl sites for hydroxylation is 1. The fraction of sp³-hybridized carbons (Fsp3) is 0.333. The predicted octanol–water partition coefficient (Wildman–Crippen LogP) is -0.0868. The Morgan fingerprint density at radius 2 is 2.18 bits per heavy atom. The summed E-state index contributed by atoms with van der Waals surface area (Å²) in [5, 5.41) is 9.35. The number of aliphatic hydroxyl groups excluding tert-OH is 1. The van der Waals surface area contributed by atoms with Gasteiger partial charge >= 0.3 is 0 Å². The van der Waals surface area contributed by atoms with Crippen molar-refractivity contribution in [3.05, 3.63) is 35.4 Å². The molecule has 0 saturated carbocycles. The molecular formula is C12H16N2O3. The van der Waals surface area contributed by atoms with Gasteiger partial charge in [0.1, 0.15) is 0 Å². The van der Waals surface area contributed by atoms with E-state index < -0.39 is 12.0 Å². The van der Waals surface area contributed by atoms with Gasteiger partial charge in [-0.25, -0.2) is 0 Å². The van der Waals surface area contributed by atoms with E-state index in [9.17, 15) is 14.7 Å². The molecular weight excluding hydrogens is 220 g/mol. The maximum absolute atomic E-state index is 12.0. The first kappa shape index (κ1) is 13.3. The van der Waals surface area contributed by atoms with Gasteiger partial charge in [-0.05, 0) is 18.6 Å². The van der Waals surface area contributed by atoms with E-state index in [1.54, 1.807) is 25.1 Å². The van der Waals surface area contributed by atoms with Crippen LogP contribution in [-0.4, -0.2) is 41.5 Å². The number of nitrogens with two attached hydrogens (primary N) is 1. The van der Waals surface area contributed by atoms with Gasteiger partial charge in [-0.2, -0.15) is 0 Å². The lowest BCUT2D eigenvalue weighted by Gasteiger charge is -2.19. The molecule has 0 saturated heterocycles. The van der Waals surface area contributed by atoms with E-state index in [-0.39, 0.29) is 13.1 Å². The molecule has 92 valence electrons. The zero-order valence-corrected chi connectivity index (χ0v) is 9.67. The zero-order chi connectivity index (χ0) is 12.8. The van der Waals surface area contributed by atoms with Crippen LogP contribution in [0.5, 0.6) is 0 Å². The number of amides is 2. The van der Waals surface area contributed by atoms with Gasteiger partial charge in [0.05, 0.1) is 12.6 Å². The molecule has 0 aliphatic rings. The molecule has 0 fully saturated rings. The molecule has 3 N–H and O–H groups in total. The van der Waals surface area contributed by atoms with Gasteiger partial charge in [-0.3, -0.25) is 14.5 Å². The number of rotatable bonds is 5. The van der Waals surface area contributed by atoms with Crippen LogP contribution in [0.4, 0.5) is 0 Å². The second kappa shape index (κ2) is 6.12. The first-order valence-electron chi connectivity index (χ1n) is 5.30. The summed E-state index contributed by atoms with van der Waals surface area (Å²) in [6, 6.07) is 6.97. The number of imide groups is 1. The number of carbonyl (C=O) groups excluding carboxylic acids is 2. The third-order valence-electron chi connectivity index (χ3n) is 2.44. The van der Waals surface area contributed by atoms with E-state index >= 15 is 0 Å². The first-order valence-corrected chi connectivity index (χ1v) is 5.30. The fourth-order valence-electron chi connectivity index (χ4n) is 1.44. The van der Waals surface area contributed by atoms with Crippen molar-refractivity contribution in [2.24, 2.45) is 5.73 Å². The summed E-state index contributed by atoms with van der Waals surface area (Å²) in [4.78, 5) is 23.8. The molecule has 0 spiro atoms. The quantitative estimate of drug-likeness (QED) is 0.700. The fourth-order valence-corrected chi connectivity index (χ4v) is 1.44. The standard InChI is InChI=1S/C12H16N2O3/c1-9-4-2-3-5-11(9)12(17)14(8-15)7-10(16)6-13/h2-5,8,10,16H,6-7,13H2,1H3. The van der Waals surface area contributed by atoms with Crippen molar-refractivity contribution in [3.8, 4) is 0 Å². The van der Waals surface area contributed by atoms with Crippen molar-refractivity contribution >= 4 is 12.3 Å². The second-order valence-corrected chi connectivity index (χ2v) is 3.77. The maximum Gasteiger partial charge on any atom is 0.260 e. The summed E-state index contributed by atoms with van der Waals surface area (Å²) in [6.07, 6.45) is -0.485. The van der Waals surface area contributed by atoms with E-state index in [0.717, 1.165) is 10.5 Å². The Kier molecular flexibility index (Phi) is 4.81. The smallest absolute Gasteiger partial charge is 0.260 e. The minimum absolute atomic E-state index is 0.00535. The largest absolute Gasteiger partial charge is 0.390 e. The van der Waals surface area contributed by atoms with E-state index in [4.69, 9.17) is 5.73 Å². The van der Waals surface area contributed by atoms with Gasteiger partial charge < -0.3 is 10.8 Å². The summed E-state index contributed by atoms with van der Waals surface area (Å²) in [5.41, 5.74) is 6.47. The van der Waals surface area contributed by atoms with Gasteiger partial charge in [-0.15, -0.1) is 0 Å². The zero-order valence-electron chi connectivity index (χ0n) is 9.67. The number of hydrogen-bond acceptors (Lipinski definition) is 4. The van der Waals surface area contributed by atoms with Crippen molar-refractivity contribution in [1.82, 2.24) is 4.90 Å². The lowest BCUT2D eigenvalue weighted by Crippen LogP contribution is -2.39. The van der Waals surface area contributed by atoms with Gasteiger partial charge in [0.25, 0.3) is 5.91 Å². The average Bonchev–Trinajstić information content (AvgIpc) is 2.35. The van der Waals surface area contributed by atoms with Crippen molar-refractivity contribution in [1.29, 1.82) is 0 Å². The van der Waals surface area contributed by atoms with Crippen molar-refractivity contribution < 1.29 is 14.7 Å². The van der Waals surface area contributed by atoms with Crippen LogP contribution in [0.25, 0.3) is 0 Å². The molecule has 1 aromatic carbocycles. The average molecular weight is 236 g/mol. The van der Waals surface area contributed by atoms with Crippen LogP contribution in [0.15, 0.2) is 24.3 Å². The van der Waals surface area contributed by atoms with Crippen molar-refractivity contribution in [2.75, 3.05) is 13.1 Å². The third kappa shape index (κ3) is 3.37. The number of hydrogen-bond donors (Lipinski definition) is 2. The lowest BCUT2D eigenvalue weighted by molar-refractivity contribution is -0.117. The van der Waals surface area contributed by atoms with E-state index in [2.05, 4.69) is 0 Å². The summed E-state index contributed by atoms with van der Waals surface area (Å²) >= 11 is 0. The summed E-state index contributed by atoms with van der Waals surface area (Å²) in [5.74, 6) is -0.425. The molecule has 17 heavy (non-hydrogen) atoms. The molecule has 0 aliphatic heterocycles. The number of carbonyl (C=O) groups is 2. The molecule has 0 radical (unpaired) electrons. The van der Waals surface area contributed by atoms with Gasteiger partial charge in [0.2, 0.25) is 6.41 Å². The van der Waals surface area contributed by atoms with Crippen LogP contribution in [-0.2, 0) is 4.79 Å². The molecule has 0 aromatic heterocycles. The number of aliphatic hydroxyl groups is 1. The molecule has 2 amide bonds. The van der Waals surface area contributed by atoms with Gasteiger partial charge in [0, 0.05) is 12.1 Å². The van der Waals surface area contributed by atoms with Crippen LogP contribution in [0.2, 0.25) is 0 Å². The Balaban J connectivity index is 2.87. The predicted molar refractivity (Wildman–Crippen MR) is 63.3 cm³/mol. The Bertz CT molecular complexity index is 406. The molecule has 1 rings (SSSR count). The van der Waals surface area contributed by atoms with E-state index in [1.165, 1.54) is 0 Å². The highest BCUT2D eigenvalue weighted by Crippen LogP contribution is 2.10. The van der Waals surface area contributed by atoms with Crippen molar-refractivity contribution in [3.63, 3.8) is 0 Å². The highest BCUT2D eigenvalue weighted by molar-refractivity contribution is 6.00. The molecule has 5 heteroatoms. The minimum atomic E-state index is -0.895. The second-order valence-electron chi connectivity index (χ2n) is 3.77. The van der Waals surface area contributed by atoms with E-state index in [1.807, 2.05) is 6.07 Å². The highest BCUT2D eigenvalue weighted by atomic mass is 16.3. The molecule has 1 aromatic rings. The van der Waals surface area contributed by atoms with E-state index in [0.29, 0.717) is 12.0 Å². The monoisotopic (exact) mass is 236 g/mol. The Labute approximate surface area is 99.8 Å². The van der Waals surface area contributed by atoms with Crippen molar-refractivity contribution in [2.45, 2.75) is 13.0 Å². The SMILES string of the molecule is Cc1ccccc1C(=O)N(C=O)CC(O)CN.